The van der Waals surface area contributed by atoms with Crippen molar-refractivity contribution in [3.63, 3.8) is 0 Å². The first kappa shape index (κ1) is 69.2. The highest BCUT2D eigenvalue weighted by Gasteiger charge is 2.28. The van der Waals surface area contributed by atoms with Crippen molar-refractivity contribution < 1.29 is 32.9 Å². The maximum atomic E-state index is 12.9. The first-order valence-corrected chi connectivity index (χ1v) is 31.6. The molecule has 0 aromatic heterocycles. The third-order valence-corrected chi connectivity index (χ3v) is 14.5. The van der Waals surface area contributed by atoms with E-state index in [1.165, 1.54) is 180 Å². The molecule has 0 aromatic carbocycles. The van der Waals surface area contributed by atoms with Crippen molar-refractivity contribution in [1.82, 2.24) is 5.32 Å². The molecule has 416 valence electrons. The number of phosphoric ester groups is 1. The number of hydrogen-bond donors (Lipinski definition) is 3. The van der Waals surface area contributed by atoms with Gasteiger partial charge in [-0.1, -0.05) is 274 Å². The van der Waals surface area contributed by atoms with Gasteiger partial charge in [-0.3, -0.25) is 13.8 Å². The number of quaternary nitrogens is 1. The molecule has 0 radical (unpaired) electrons. The second-order valence-electron chi connectivity index (χ2n) is 21.7. The largest absolute Gasteiger partial charge is 0.472 e. The fourth-order valence-corrected chi connectivity index (χ4v) is 9.58. The number of phosphoric acid groups is 1. The predicted octanol–water partition coefficient (Wildman–Crippen LogP) is 18.5. The Balaban J connectivity index is 3.74. The SMILES string of the molecule is CC/C=C\C/C=C\C/C=C\C/C=C\C/C=C\CCCCCCCCCCCCCCCCCCCCCCCCCCCC(=O)NC(COP(=O)(O)OCC[N+](C)(C)C)C(O)CCCCCCCCCC. The van der Waals surface area contributed by atoms with E-state index in [2.05, 4.69) is 79.9 Å². The summed E-state index contributed by atoms with van der Waals surface area (Å²) in [7, 11) is 1.62. The molecule has 1 amide bonds. The Kier molecular flexibility index (Phi) is 51.7. The van der Waals surface area contributed by atoms with Crippen molar-refractivity contribution in [2.24, 2.45) is 0 Å². The van der Waals surface area contributed by atoms with Crippen molar-refractivity contribution in [3.05, 3.63) is 60.8 Å². The first-order chi connectivity index (χ1) is 34.5. The molecule has 9 heteroatoms. The summed E-state index contributed by atoms with van der Waals surface area (Å²) in [5, 5.41) is 13.9. The molecule has 0 saturated carbocycles. The standard InChI is InChI=1S/C62H117N2O6P/c1-6-8-10-12-14-16-17-18-19-20-21-22-23-24-25-26-27-28-29-30-31-32-33-34-35-36-37-38-39-40-41-42-43-44-45-46-47-48-50-52-54-56-62(66)63-60(59-70-71(67,68)69-58-57-64(3,4)5)61(65)55-53-51-49-15-13-11-9-7-2/h8,10,14,16,18-19,21-22,24-25,60-61,65H,6-7,9,11-13,15,17,20,23,26-59H2,1-5H3,(H-,63,66,67,68)/p+1/b10-8-,16-14-,19-18-,22-21-,25-24-. The van der Waals surface area contributed by atoms with E-state index in [-0.39, 0.29) is 19.1 Å². The number of aliphatic hydroxyl groups is 1. The van der Waals surface area contributed by atoms with Crippen molar-refractivity contribution in [2.75, 3.05) is 40.9 Å². The van der Waals surface area contributed by atoms with Gasteiger partial charge in [0.15, 0.2) is 0 Å². The number of aliphatic hydroxyl groups excluding tert-OH is 1. The third-order valence-electron chi connectivity index (χ3n) is 13.5. The lowest BCUT2D eigenvalue weighted by Gasteiger charge is -2.26. The van der Waals surface area contributed by atoms with Gasteiger partial charge in [0.2, 0.25) is 5.91 Å². The Morgan fingerprint density at radius 3 is 1.24 bits per heavy atom. The maximum absolute atomic E-state index is 12.9. The van der Waals surface area contributed by atoms with E-state index in [1.54, 1.807) is 0 Å². The monoisotopic (exact) mass is 1020 g/mol. The second-order valence-corrected chi connectivity index (χ2v) is 23.2. The molecule has 0 heterocycles. The summed E-state index contributed by atoms with van der Waals surface area (Å²) in [6.45, 7) is 4.75. The van der Waals surface area contributed by atoms with Crippen LogP contribution in [0.15, 0.2) is 60.8 Å². The normalized spacial score (nSPS) is 14.3. The van der Waals surface area contributed by atoms with Crippen LogP contribution in [0.1, 0.15) is 277 Å². The van der Waals surface area contributed by atoms with Gasteiger partial charge in [-0.25, -0.2) is 4.57 Å². The zero-order valence-corrected chi connectivity index (χ0v) is 48.4. The van der Waals surface area contributed by atoms with Gasteiger partial charge in [-0.15, -0.1) is 0 Å². The van der Waals surface area contributed by atoms with Gasteiger partial charge in [0.1, 0.15) is 13.2 Å². The Morgan fingerprint density at radius 1 is 0.493 bits per heavy atom. The molecule has 0 aromatic rings. The molecule has 0 rings (SSSR count). The van der Waals surface area contributed by atoms with E-state index in [1.807, 2.05) is 21.1 Å². The predicted molar refractivity (Wildman–Crippen MR) is 309 cm³/mol. The number of carbonyl (C=O) groups is 1. The van der Waals surface area contributed by atoms with Gasteiger partial charge in [0.05, 0.1) is 39.9 Å². The molecule has 0 aliphatic rings. The maximum Gasteiger partial charge on any atom is 0.472 e. The van der Waals surface area contributed by atoms with Crippen LogP contribution in [0, 0.1) is 0 Å². The Morgan fingerprint density at radius 2 is 0.845 bits per heavy atom. The molecular weight excluding hydrogens is 900 g/mol. The molecule has 0 saturated heterocycles. The van der Waals surface area contributed by atoms with Crippen LogP contribution in [0.3, 0.4) is 0 Å². The summed E-state index contributed by atoms with van der Waals surface area (Å²) in [6.07, 6.45) is 71.9. The molecule has 8 nitrogen and oxygen atoms in total. The number of hydrogen-bond acceptors (Lipinski definition) is 5. The van der Waals surface area contributed by atoms with Crippen LogP contribution >= 0.6 is 7.82 Å². The Bertz CT molecular complexity index is 1340. The van der Waals surface area contributed by atoms with Crippen molar-refractivity contribution in [1.29, 1.82) is 0 Å². The molecule has 3 N–H and O–H groups in total. The molecule has 71 heavy (non-hydrogen) atoms. The van der Waals surface area contributed by atoms with Gasteiger partial charge < -0.3 is 19.8 Å². The summed E-state index contributed by atoms with van der Waals surface area (Å²) in [4.78, 5) is 23.2. The van der Waals surface area contributed by atoms with Gasteiger partial charge in [0.25, 0.3) is 0 Å². The molecule has 0 spiro atoms. The van der Waals surface area contributed by atoms with Gasteiger partial charge in [-0.05, 0) is 57.8 Å². The van der Waals surface area contributed by atoms with Crippen molar-refractivity contribution >= 4 is 13.7 Å². The van der Waals surface area contributed by atoms with Crippen molar-refractivity contribution in [3.8, 4) is 0 Å². The summed E-state index contributed by atoms with van der Waals surface area (Å²) in [5.41, 5.74) is 0. The lowest BCUT2D eigenvalue weighted by Crippen LogP contribution is -2.46. The highest BCUT2D eigenvalue weighted by molar-refractivity contribution is 7.47. The van der Waals surface area contributed by atoms with E-state index < -0.39 is 20.0 Å². The highest BCUT2D eigenvalue weighted by Crippen LogP contribution is 2.43. The minimum absolute atomic E-state index is 0.0754. The quantitative estimate of drug-likeness (QED) is 0.0243. The van der Waals surface area contributed by atoms with Crippen LogP contribution in [-0.4, -0.2) is 73.4 Å². The van der Waals surface area contributed by atoms with Crippen LogP contribution < -0.4 is 5.32 Å². The van der Waals surface area contributed by atoms with Gasteiger partial charge in [-0.2, -0.15) is 0 Å². The molecule has 3 atom stereocenters. The summed E-state index contributed by atoms with van der Waals surface area (Å²) >= 11 is 0. The average molecular weight is 1020 g/mol. The second kappa shape index (κ2) is 53.0. The smallest absolute Gasteiger partial charge is 0.391 e. The molecule has 0 aliphatic carbocycles. The van der Waals surface area contributed by atoms with E-state index in [0.717, 1.165) is 70.6 Å². The molecule has 0 bridgehead atoms. The molecule has 3 unspecified atom stereocenters. The lowest BCUT2D eigenvalue weighted by atomic mass is 10.0. The minimum atomic E-state index is -4.31. The number of unbranched alkanes of at least 4 members (excludes halogenated alkanes) is 32. The van der Waals surface area contributed by atoms with Crippen LogP contribution in [0.2, 0.25) is 0 Å². The van der Waals surface area contributed by atoms with E-state index in [0.29, 0.717) is 23.9 Å². The number of nitrogens with zero attached hydrogens (tertiary/aromatic N) is 1. The average Bonchev–Trinajstić information content (AvgIpc) is 3.33. The number of allylic oxidation sites excluding steroid dienone is 10. The van der Waals surface area contributed by atoms with E-state index >= 15 is 0 Å². The lowest BCUT2D eigenvalue weighted by molar-refractivity contribution is -0.870. The number of amides is 1. The van der Waals surface area contributed by atoms with Crippen LogP contribution in [0.4, 0.5) is 0 Å². The number of rotatable bonds is 55. The van der Waals surface area contributed by atoms with E-state index in [9.17, 15) is 19.4 Å². The van der Waals surface area contributed by atoms with Gasteiger partial charge >= 0.3 is 7.82 Å². The molecule has 0 aliphatic heterocycles. The van der Waals surface area contributed by atoms with Crippen LogP contribution in [-0.2, 0) is 18.4 Å². The van der Waals surface area contributed by atoms with Gasteiger partial charge in [0, 0.05) is 6.42 Å². The Labute approximate surface area is 441 Å². The van der Waals surface area contributed by atoms with Crippen LogP contribution in [0.5, 0.6) is 0 Å². The summed E-state index contributed by atoms with van der Waals surface area (Å²) in [5.74, 6) is -0.144. The summed E-state index contributed by atoms with van der Waals surface area (Å²) < 4.78 is 23.6. The number of carbonyl (C=O) groups excluding carboxylic acids is 1. The fourth-order valence-electron chi connectivity index (χ4n) is 8.84. The minimum Gasteiger partial charge on any atom is -0.391 e. The van der Waals surface area contributed by atoms with Crippen LogP contribution in [0.25, 0.3) is 0 Å². The zero-order chi connectivity index (χ0) is 52.0. The first-order valence-electron chi connectivity index (χ1n) is 30.2. The van der Waals surface area contributed by atoms with Crippen molar-refractivity contribution in [2.45, 2.75) is 289 Å². The van der Waals surface area contributed by atoms with E-state index in [4.69, 9.17) is 9.05 Å². The fraction of sp³-hybridized carbons (Fsp3) is 0.823. The zero-order valence-electron chi connectivity index (χ0n) is 47.5. The third kappa shape index (κ3) is 55.8. The summed E-state index contributed by atoms with van der Waals surface area (Å²) in [6, 6.07) is -0.756. The molecular formula is C62H118N2O6P+. The highest BCUT2D eigenvalue weighted by atomic mass is 31.2. The molecule has 0 fully saturated rings. The number of nitrogens with one attached hydrogen (secondary N) is 1. The number of likely N-dealkylation sites (N-methyl/N-ethyl adjacent to an activating group) is 1. The topological polar surface area (TPSA) is 105 Å². The Hall–Kier alpha value is -1.80.